The van der Waals surface area contributed by atoms with E-state index in [-0.39, 0.29) is 16.3 Å². The molecule has 5 nitrogen and oxygen atoms in total. The first-order chi connectivity index (χ1) is 9.88. The molecule has 2 rings (SSSR count). The number of hydrogen-bond donors (Lipinski definition) is 1. The third-order valence-electron chi connectivity index (χ3n) is 2.58. The number of amides is 1. The smallest absolute Gasteiger partial charge is 0.270 e. The maximum Gasteiger partial charge on any atom is 0.270 e. The van der Waals surface area contributed by atoms with Gasteiger partial charge < -0.3 is 5.32 Å². The summed E-state index contributed by atoms with van der Waals surface area (Å²) < 4.78 is 0.618. The molecular formula is C13H7BrCl2N2O3. The summed E-state index contributed by atoms with van der Waals surface area (Å²) >= 11 is 15.0. The molecule has 0 aliphatic carbocycles. The van der Waals surface area contributed by atoms with Gasteiger partial charge in [0.2, 0.25) is 0 Å². The largest absolute Gasteiger partial charge is 0.322 e. The van der Waals surface area contributed by atoms with Crippen LogP contribution in [0.25, 0.3) is 0 Å². The van der Waals surface area contributed by atoms with E-state index in [9.17, 15) is 14.9 Å². The molecule has 0 heterocycles. The number of hydrogen-bond acceptors (Lipinski definition) is 3. The van der Waals surface area contributed by atoms with Gasteiger partial charge in [0.15, 0.2) is 0 Å². The maximum atomic E-state index is 12.1. The highest BCUT2D eigenvalue weighted by Gasteiger charge is 2.16. The Morgan fingerprint density at radius 3 is 2.43 bits per heavy atom. The quantitative estimate of drug-likeness (QED) is 0.598. The molecule has 0 saturated heterocycles. The molecule has 0 aliphatic heterocycles. The number of nitrogens with one attached hydrogen (secondary N) is 1. The molecule has 0 fully saturated rings. The molecule has 0 radical (unpaired) electrons. The monoisotopic (exact) mass is 388 g/mol. The zero-order valence-electron chi connectivity index (χ0n) is 10.3. The molecule has 0 unspecified atom stereocenters. The van der Waals surface area contributed by atoms with E-state index in [4.69, 9.17) is 23.2 Å². The van der Waals surface area contributed by atoms with E-state index in [1.165, 1.54) is 12.1 Å². The minimum Gasteiger partial charge on any atom is -0.322 e. The lowest BCUT2D eigenvalue weighted by molar-refractivity contribution is -0.384. The Morgan fingerprint density at radius 2 is 1.81 bits per heavy atom. The Hall–Kier alpha value is -1.63. The summed E-state index contributed by atoms with van der Waals surface area (Å²) in [7, 11) is 0. The van der Waals surface area contributed by atoms with Crippen molar-refractivity contribution in [2.24, 2.45) is 0 Å². The molecule has 0 aromatic heterocycles. The Morgan fingerprint density at radius 1 is 1.14 bits per heavy atom. The summed E-state index contributed by atoms with van der Waals surface area (Å²) in [5, 5.41) is 14.0. The first-order valence-corrected chi connectivity index (χ1v) is 7.13. The number of benzene rings is 2. The minimum absolute atomic E-state index is 0.0249. The zero-order valence-corrected chi connectivity index (χ0v) is 13.4. The molecule has 1 N–H and O–H groups in total. The molecule has 0 spiro atoms. The summed E-state index contributed by atoms with van der Waals surface area (Å²) in [6.07, 6.45) is 0. The van der Waals surface area contributed by atoms with Crippen molar-refractivity contribution in [2.45, 2.75) is 0 Å². The summed E-state index contributed by atoms with van der Waals surface area (Å²) in [6.45, 7) is 0. The van der Waals surface area contributed by atoms with Crippen LogP contribution in [0.4, 0.5) is 11.4 Å². The molecule has 108 valence electrons. The standard InChI is InChI=1S/C13H7BrCl2N2O3/c14-10-5-7(1-3-12(10)16)17-13(19)9-6-8(18(20)21)2-4-11(9)15/h1-6H,(H,17,19). The van der Waals surface area contributed by atoms with E-state index in [0.29, 0.717) is 15.2 Å². The molecule has 0 saturated carbocycles. The number of carbonyl (C=O) groups excluding carboxylic acids is 1. The van der Waals surface area contributed by atoms with Crippen molar-refractivity contribution in [2.75, 3.05) is 5.32 Å². The van der Waals surface area contributed by atoms with Gasteiger partial charge in [-0.25, -0.2) is 0 Å². The van der Waals surface area contributed by atoms with Gasteiger partial charge in [0.25, 0.3) is 11.6 Å². The average Bonchev–Trinajstić information content (AvgIpc) is 2.43. The fourth-order valence-corrected chi connectivity index (χ4v) is 2.27. The molecule has 0 aliphatic rings. The first kappa shape index (κ1) is 15.8. The van der Waals surface area contributed by atoms with E-state index in [0.717, 1.165) is 6.07 Å². The Bertz CT molecular complexity index is 737. The Balaban J connectivity index is 2.29. The average molecular weight is 390 g/mol. The van der Waals surface area contributed by atoms with Gasteiger partial charge in [-0.2, -0.15) is 0 Å². The van der Waals surface area contributed by atoms with Gasteiger partial charge in [0.05, 0.1) is 20.5 Å². The normalized spacial score (nSPS) is 10.2. The van der Waals surface area contributed by atoms with Gasteiger partial charge in [0, 0.05) is 22.3 Å². The van der Waals surface area contributed by atoms with Gasteiger partial charge in [-0.05, 0) is 40.2 Å². The van der Waals surface area contributed by atoms with Crippen molar-refractivity contribution < 1.29 is 9.72 Å². The third kappa shape index (κ3) is 3.72. The van der Waals surface area contributed by atoms with Crippen LogP contribution in [0, 0.1) is 10.1 Å². The summed E-state index contributed by atoms with van der Waals surface area (Å²) in [5.41, 5.74) is 0.303. The SMILES string of the molecule is O=C(Nc1ccc(Cl)c(Br)c1)c1cc([N+](=O)[O-])ccc1Cl. The van der Waals surface area contributed by atoms with Crippen molar-refractivity contribution in [3.8, 4) is 0 Å². The van der Waals surface area contributed by atoms with Crippen LogP contribution in [0.15, 0.2) is 40.9 Å². The number of rotatable bonds is 3. The van der Waals surface area contributed by atoms with Crippen LogP contribution >= 0.6 is 39.1 Å². The predicted molar refractivity (Wildman–Crippen MR) is 85.2 cm³/mol. The van der Waals surface area contributed by atoms with Crippen LogP contribution in [0.3, 0.4) is 0 Å². The zero-order chi connectivity index (χ0) is 15.6. The lowest BCUT2D eigenvalue weighted by Crippen LogP contribution is -2.12. The van der Waals surface area contributed by atoms with Gasteiger partial charge in [-0.3, -0.25) is 14.9 Å². The molecule has 2 aromatic rings. The Labute approximate surface area is 138 Å². The van der Waals surface area contributed by atoms with Gasteiger partial charge >= 0.3 is 0 Å². The molecule has 1 amide bonds. The fourth-order valence-electron chi connectivity index (χ4n) is 1.57. The van der Waals surface area contributed by atoms with E-state index in [1.54, 1.807) is 18.2 Å². The lowest BCUT2D eigenvalue weighted by atomic mass is 10.2. The lowest BCUT2D eigenvalue weighted by Gasteiger charge is -2.07. The Kier molecular flexibility index (Phi) is 4.82. The van der Waals surface area contributed by atoms with Crippen molar-refractivity contribution in [1.82, 2.24) is 0 Å². The van der Waals surface area contributed by atoms with Gasteiger partial charge in [-0.15, -0.1) is 0 Å². The first-order valence-electron chi connectivity index (χ1n) is 5.59. The second kappa shape index (κ2) is 6.43. The molecular weight excluding hydrogens is 383 g/mol. The van der Waals surface area contributed by atoms with Crippen molar-refractivity contribution in [3.05, 3.63) is 66.6 Å². The summed E-state index contributed by atoms with van der Waals surface area (Å²) in [4.78, 5) is 22.3. The van der Waals surface area contributed by atoms with Crippen LogP contribution < -0.4 is 5.32 Å². The molecule has 8 heteroatoms. The van der Waals surface area contributed by atoms with Crippen LogP contribution in [-0.4, -0.2) is 10.8 Å². The molecule has 0 bridgehead atoms. The number of halogens is 3. The second-order valence-corrected chi connectivity index (χ2v) is 5.67. The van der Waals surface area contributed by atoms with E-state index in [1.807, 2.05) is 0 Å². The second-order valence-electron chi connectivity index (χ2n) is 4.00. The van der Waals surface area contributed by atoms with Crippen molar-refractivity contribution >= 4 is 56.4 Å². The van der Waals surface area contributed by atoms with E-state index >= 15 is 0 Å². The molecule has 0 atom stereocenters. The van der Waals surface area contributed by atoms with E-state index in [2.05, 4.69) is 21.2 Å². The molecule has 2 aromatic carbocycles. The van der Waals surface area contributed by atoms with E-state index < -0.39 is 10.8 Å². The fraction of sp³-hybridized carbons (Fsp3) is 0. The van der Waals surface area contributed by atoms with Crippen LogP contribution in [0.2, 0.25) is 10.0 Å². The topological polar surface area (TPSA) is 72.2 Å². The minimum atomic E-state index is -0.591. The number of nitro benzene ring substituents is 1. The predicted octanol–water partition coefficient (Wildman–Crippen LogP) is 4.92. The molecule has 21 heavy (non-hydrogen) atoms. The van der Waals surface area contributed by atoms with Crippen molar-refractivity contribution in [3.63, 3.8) is 0 Å². The summed E-state index contributed by atoms with van der Waals surface area (Å²) in [6, 6.07) is 8.51. The third-order valence-corrected chi connectivity index (χ3v) is 4.13. The number of anilines is 1. The number of carbonyl (C=O) groups is 1. The van der Waals surface area contributed by atoms with Crippen LogP contribution in [-0.2, 0) is 0 Å². The highest BCUT2D eigenvalue weighted by molar-refractivity contribution is 9.10. The summed E-state index contributed by atoms with van der Waals surface area (Å²) in [5.74, 6) is -0.544. The number of non-ortho nitro benzene ring substituents is 1. The van der Waals surface area contributed by atoms with Crippen LogP contribution in [0.1, 0.15) is 10.4 Å². The maximum absolute atomic E-state index is 12.1. The van der Waals surface area contributed by atoms with Gasteiger partial charge in [-0.1, -0.05) is 23.2 Å². The van der Waals surface area contributed by atoms with Crippen LogP contribution in [0.5, 0.6) is 0 Å². The van der Waals surface area contributed by atoms with Crippen molar-refractivity contribution in [1.29, 1.82) is 0 Å². The highest BCUT2D eigenvalue weighted by Crippen LogP contribution is 2.27. The highest BCUT2D eigenvalue weighted by atomic mass is 79.9. The number of nitro groups is 1. The van der Waals surface area contributed by atoms with Gasteiger partial charge in [0.1, 0.15) is 0 Å². The number of nitrogens with zero attached hydrogens (tertiary/aromatic N) is 1.